The average Bonchev–Trinajstić information content (AvgIpc) is 2.54. The molecule has 0 bridgehead atoms. The lowest BCUT2D eigenvalue weighted by Gasteiger charge is -2.12. The van der Waals surface area contributed by atoms with Crippen LogP contribution in [-0.4, -0.2) is 11.2 Å². The molecule has 0 N–H and O–H groups in total. The summed E-state index contributed by atoms with van der Waals surface area (Å²) < 4.78 is 11.5. The van der Waals surface area contributed by atoms with Crippen LogP contribution in [0.4, 0.5) is 0 Å². The fraction of sp³-hybridized carbons (Fsp3) is 0.125. The topological polar surface area (TPSA) is 61.4 Å². The molecule has 0 aliphatic rings. The molecule has 5 nitrogen and oxygen atoms in total. The van der Waals surface area contributed by atoms with E-state index in [4.69, 9.17) is 55.6 Å². The monoisotopic (exact) mass is 419 g/mol. The van der Waals surface area contributed by atoms with Crippen molar-refractivity contribution in [2.75, 3.05) is 6.61 Å². The van der Waals surface area contributed by atoms with Crippen molar-refractivity contribution in [3.05, 3.63) is 71.4 Å². The largest absolute Gasteiger partial charge is 0.490 e. The van der Waals surface area contributed by atoms with E-state index in [2.05, 4.69) is 0 Å². The fourth-order valence-electron chi connectivity index (χ4n) is 2.32. The Morgan fingerprint density at radius 2 is 1.80 bits per heavy atom. The zero-order valence-electron chi connectivity index (χ0n) is 12.4. The van der Waals surface area contributed by atoms with Crippen LogP contribution in [-0.2, 0) is 6.54 Å². The molecule has 0 amide bonds. The van der Waals surface area contributed by atoms with E-state index in [9.17, 15) is 9.59 Å². The molecule has 0 radical (unpaired) electrons. The molecule has 25 heavy (non-hydrogen) atoms. The molecular formula is C16H9Cl4NO4. The van der Waals surface area contributed by atoms with Crippen molar-refractivity contribution in [3.63, 3.8) is 0 Å². The second-order valence-corrected chi connectivity index (χ2v) is 6.62. The van der Waals surface area contributed by atoms with E-state index in [-0.39, 0.29) is 39.1 Å². The maximum atomic E-state index is 12.1. The molecule has 3 aromatic rings. The summed E-state index contributed by atoms with van der Waals surface area (Å²) in [4.78, 5) is 23.9. The van der Waals surface area contributed by atoms with Crippen LogP contribution in [0.1, 0.15) is 0 Å². The van der Waals surface area contributed by atoms with Crippen LogP contribution < -0.4 is 16.1 Å². The number of nitrogens with zero attached hydrogens (tertiary/aromatic N) is 1. The molecule has 130 valence electrons. The molecule has 0 aliphatic heterocycles. The SMILES string of the molecule is O=c1oc(=O)n(CCOc2cccc(Cl)c2Cl)c2c(Cl)cc(Cl)cc12. The van der Waals surface area contributed by atoms with Gasteiger partial charge in [-0.1, -0.05) is 52.5 Å². The van der Waals surface area contributed by atoms with Crippen LogP contribution in [0, 0.1) is 0 Å². The predicted octanol–water partition coefficient (Wildman–Crippen LogP) is 4.65. The summed E-state index contributed by atoms with van der Waals surface area (Å²) in [5.41, 5.74) is -0.576. The van der Waals surface area contributed by atoms with Crippen LogP contribution in [0.5, 0.6) is 5.75 Å². The van der Waals surface area contributed by atoms with Crippen LogP contribution in [0.25, 0.3) is 10.9 Å². The Morgan fingerprint density at radius 3 is 2.56 bits per heavy atom. The van der Waals surface area contributed by atoms with E-state index in [1.807, 2.05) is 0 Å². The highest BCUT2D eigenvalue weighted by molar-refractivity contribution is 6.43. The first-order valence-corrected chi connectivity index (χ1v) is 8.49. The highest BCUT2D eigenvalue weighted by Gasteiger charge is 2.14. The van der Waals surface area contributed by atoms with Crippen molar-refractivity contribution in [1.29, 1.82) is 0 Å². The van der Waals surface area contributed by atoms with Crippen LogP contribution in [0.3, 0.4) is 0 Å². The molecular weight excluding hydrogens is 412 g/mol. The highest BCUT2D eigenvalue weighted by Crippen LogP contribution is 2.31. The minimum atomic E-state index is -0.845. The predicted molar refractivity (Wildman–Crippen MR) is 98.7 cm³/mol. The van der Waals surface area contributed by atoms with Gasteiger partial charge in [0.2, 0.25) is 0 Å². The van der Waals surface area contributed by atoms with Gasteiger partial charge in [-0.15, -0.1) is 0 Å². The van der Waals surface area contributed by atoms with E-state index in [0.29, 0.717) is 10.8 Å². The third kappa shape index (κ3) is 3.65. The lowest BCUT2D eigenvalue weighted by atomic mass is 10.2. The maximum absolute atomic E-state index is 12.1. The minimum absolute atomic E-state index is 0.0712. The summed E-state index contributed by atoms with van der Waals surface area (Å²) in [6.45, 7) is 0.144. The highest BCUT2D eigenvalue weighted by atomic mass is 35.5. The van der Waals surface area contributed by atoms with E-state index in [1.165, 1.54) is 16.7 Å². The number of ether oxygens (including phenoxy) is 1. The number of hydrogen-bond acceptors (Lipinski definition) is 4. The molecule has 3 rings (SSSR count). The van der Waals surface area contributed by atoms with Crippen molar-refractivity contribution in [2.45, 2.75) is 6.54 Å². The van der Waals surface area contributed by atoms with Gasteiger partial charge >= 0.3 is 11.4 Å². The van der Waals surface area contributed by atoms with Crippen LogP contribution in [0.2, 0.25) is 20.1 Å². The minimum Gasteiger partial charge on any atom is -0.490 e. The fourth-order valence-corrected chi connectivity index (χ4v) is 3.26. The van der Waals surface area contributed by atoms with Gasteiger partial charge in [0.05, 0.1) is 27.5 Å². The Balaban J connectivity index is 1.95. The van der Waals surface area contributed by atoms with Crippen molar-refractivity contribution in [2.24, 2.45) is 0 Å². The molecule has 9 heteroatoms. The van der Waals surface area contributed by atoms with Crippen molar-refractivity contribution >= 4 is 57.3 Å². The summed E-state index contributed by atoms with van der Waals surface area (Å²) in [5, 5.41) is 1.15. The summed E-state index contributed by atoms with van der Waals surface area (Å²) in [5.74, 6) is -0.472. The molecule has 0 fully saturated rings. The van der Waals surface area contributed by atoms with Gasteiger partial charge in [0.15, 0.2) is 0 Å². The van der Waals surface area contributed by atoms with Crippen molar-refractivity contribution in [3.8, 4) is 5.75 Å². The number of aromatic nitrogens is 1. The van der Waals surface area contributed by atoms with Gasteiger partial charge in [0.25, 0.3) is 0 Å². The Labute approximate surface area is 161 Å². The van der Waals surface area contributed by atoms with Crippen LogP contribution in [0.15, 0.2) is 44.3 Å². The zero-order chi connectivity index (χ0) is 18.1. The first kappa shape index (κ1) is 18.1. The second-order valence-electron chi connectivity index (χ2n) is 4.99. The number of benzene rings is 2. The normalized spacial score (nSPS) is 11.0. The van der Waals surface area contributed by atoms with E-state index < -0.39 is 11.4 Å². The quantitative estimate of drug-likeness (QED) is 0.616. The summed E-state index contributed by atoms with van der Waals surface area (Å²) in [6.07, 6.45) is 0. The van der Waals surface area contributed by atoms with E-state index in [0.717, 1.165) is 0 Å². The van der Waals surface area contributed by atoms with Gasteiger partial charge in [-0.3, -0.25) is 4.57 Å². The zero-order valence-corrected chi connectivity index (χ0v) is 15.4. The van der Waals surface area contributed by atoms with E-state index >= 15 is 0 Å². The van der Waals surface area contributed by atoms with Crippen molar-refractivity contribution in [1.82, 2.24) is 4.57 Å². The standard InChI is InChI=1S/C16H9Cl4NO4/c17-8-6-9-14(11(19)7-8)21(16(23)25-15(9)22)4-5-24-12-3-1-2-10(18)13(12)20/h1-3,6-7H,4-5H2. The summed E-state index contributed by atoms with van der Waals surface area (Å²) in [6, 6.07) is 7.79. The van der Waals surface area contributed by atoms with Gasteiger partial charge in [-0.25, -0.2) is 9.59 Å². The lowest BCUT2D eigenvalue weighted by Crippen LogP contribution is -2.27. The molecule has 0 saturated heterocycles. The molecule has 1 aromatic heterocycles. The first-order valence-electron chi connectivity index (χ1n) is 6.98. The molecule has 0 atom stereocenters. The smallest absolute Gasteiger partial charge is 0.422 e. The summed E-state index contributed by atoms with van der Waals surface area (Å²) >= 11 is 24.0. The number of rotatable bonds is 4. The van der Waals surface area contributed by atoms with Gasteiger partial charge in [0.1, 0.15) is 17.4 Å². The van der Waals surface area contributed by atoms with Gasteiger partial charge in [-0.05, 0) is 24.3 Å². The maximum Gasteiger partial charge on any atom is 0.422 e. The summed E-state index contributed by atoms with van der Waals surface area (Å²) in [7, 11) is 0. The molecule has 0 spiro atoms. The Bertz CT molecular complexity index is 1070. The van der Waals surface area contributed by atoms with Gasteiger partial charge in [0, 0.05) is 5.02 Å². The van der Waals surface area contributed by atoms with Gasteiger partial charge < -0.3 is 9.15 Å². The number of halogens is 4. The Hall–Kier alpha value is -1.66. The molecule has 1 heterocycles. The third-order valence-electron chi connectivity index (χ3n) is 3.41. The molecule has 0 saturated carbocycles. The first-order chi connectivity index (χ1) is 11.9. The Morgan fingerprint density at radius 1 is 1.04 bits per heavy atom. The molecule has 2 aromatic carbocycles. The number of hydrogen-bond donors (Lipinski definition) is 0. The lowest BCUT2D eigenvalue weighted by molar-refractivity contribution is 0.287. The van der Waals surface area contributed by atoms with Crippen molar-refractivity contribution < 1.29 is 9.15 Å². The Kier molecular flexibility index (Phi) is 5.29. The van der Waals surface area contributed by atoms with E-state index in [1.54, 1.807) is 18.2 Å². The van der Waals surface area contributed by atoms with Gasteiger partial charge in [-0.2, -0.15) is 0 Å². The molecule has 0 aliphatic carbocycles. The van der Waals surface area contributed by atoms with Crippen LogP contribution >= 0.6 is 46.4 Å². The third-order valence-corrected chi connectivity index (χ3v) is 4.71. The average molecular weight is 421 g/mol. The molecule has 0 unspecified atom stereocenters. The second kappa shape index (κ2) is 7.30. The number of fused-ring (bicyclic) bond motifs is 1.